The first kappa shape index (κ1) is 15.6. The molecule has 1 aliphatic rings. The van der Waals surface area contributed by atoms with Gasteiger partial charge in [0.25, 0.3) is 5.91 Å². The van der Waals surface area contributed by atoms with Crippen LogP contribution in [0.3, 0.4) is 0 Å². The number of hydrogen-bond donors (Lipinski definition) is 3. The third kappa shape index (κ3) is 3.66. The van der Waals surface area contributed by atoms with Gasteiger partial charge in [0.05, 0.1) is 11.1 Å². The summed E-state index contributed by atoms with van der Waals surface area (Å²) in [5.41, 5.74) is 10.4. The molecule has 1 aliphatic carbocycles. The van der Waals surface area contributed by atoms with Crippen LogP contribution in [0, 0.1) is 0 Å². The zero-order chi connectivity index (χ0) is 15.6. The lowest BCUT2D eigenvalue weighted by Gasteiger charge is -2.30. The molecule has 0 saturated heterocycles. The van der Waals surface area contributed by atoms with Crippen LogP contribution in [0.4, 0.5) is 18.9 Å². The van der Waals surface area contributed by atoms with E-state index in [0.29, 0.717) is 5.69 Å². The van der Waals surface area contributed by atoms with Crippen LogP contribution in [0.1, 0.15) is 41.6 Å². The Morgan fingerprint density at radius 3 is 2.48 bits per heavy atom. The van der Waals surface area contributed by atoms with E-state index in [0.717, 1.165) is 37.8 Å². The fraction of sp³-hybridized carbons (Fsp3) is 0.500. The summed E-state index contributed by atoms with van der Waals surface area (Å²) >= 11 is 0. The zero-order valence-corrected chi connectivity index (χ0v) is 11.4. The van der Waals surface area contributed by atoms with Crippen molar-refractivity contribution in [3.63, 3.8) is 0 Å². The van der Waals surface area contributed by atoms with E-state index in [-0.39, 0.29) is 17.6 Å². The summed E-state index contributed by atoms with van der Waals surface area (Å²) < 4.78 is 38.1. The molecule has 7 heteroatoms. The van der Waals surface area contributed by atoms with Crippen molar-refractivity contribution in [3.8, 4) is 0 Å². The second-order valence-corrected chi connectivity index (χ2v) is 5.32. The summed E-state index contributed by atoms with van der Waals surface area (Å²) in [6.07, 6.45) is -0.804. The van der Waals surface area contributed by atoms with Crippen molar-refractivity contribution in [2.45, 2.75) is 43.9 Å². The molecule has 0 radical (unpaired) electrons. The molecule has 1 aromatic rings. The Bertz CT molecular complexity index is 531. The van der Waals surface area contributed by atoms with Gasteiger partial charge in [0, 0.05) is 17.8 Å². The maximum atomic E-state index is 12.7. The van der Waals surface area contributed by atoms with Crippen molar-refractivity contribution in [2.75, 3.05) is 5.32 Å². The number of rotatable bonds is 3. The molecule has 0 aromatic heterocycles. The number of nitrogens with two attached hydrogens (primary N) is 2. The lowest BCUT2D eigenvalue weighted by atomic mass is 9.90. The summed E-state index contributed by atoms with van der Waals surface area (Å²) in [5.74, 6) is -0.895. The molecular weight excluding hydrogens is 283 g/mol. The van der Waals surface area contributed by atoms with Gasteiger partial charge in [-0.1, -0.05) is 12.8 Å². The predicted octanol–water partition coefficient (Wildman–Crippen LogP) is 2.49. The predicted molar refractivity (Wildman–Crippen MR) is 73.8 cm³/mol. The Labute approximate surface area is 120 Å². The summed E-state index contributed by atoms with van der Waals surface area (Å²) in [6.45, 7) is 0. The minimum Gasteiger partial charge on any atom is -0.380 e. The number of alkyl halides is 3. The molecule has 1 amide bonds. The fourth-order valence-electron chi connectivity index (χ4n) is 2.59. The van der Waals surface area contributed by atoms with Gasteiger partial charge in [0.15, 0.2) is 0 Å². The van der Waals surface area contributed by atoms with Crippen molar-refractivity contribution in [2.24, 2.45) is 11.5 Å². The van der Waals surface area contributed by atoms with Crippen LogP contribution >= 0.6 is 0 Å². The Morgan fingerprint density at radius 2 is 1.90 bits per heavy atom. The largest absolute Gasteiger partial charge is 0.416 e. The molecule has 2 rings (SSSR count). The molecule has 1 fully saturated rings. The first-order valence-corrected chi connectivity index (χ1v) is 6.82. The van der Waals surface area contributed by atoms with Crippen molar-refractivity contribution in [1.29, 1.82) is 0 Å². The minimum atomic E-state index is -4.51. The molecule has 0 unspecified atom stereocenters. The molecule has 5 N–H and O–H groups in total. The molecule has 21 heavy (non-hydrogen) atoms. The smallest absolute Gasteiger partial charge is 0.380 e. The molecule has 1 saturated carbocycles. The minimum absolute atomic E-state index is 0.0615. The van der Waals surface area contributed by atoms with Gasteiger partial charge in [-0.3, -0.25) is 4.79 Å². The zero-order valence-electron chi connectivity index (χ0n) is 11.4. The van der Waals surface area contributed by atoms with E-state index in [2.05, 4.69) is 5.32 Å². The topological polar surface area (TPSA) is 81.1 Å². The molecule has 0 bridgehead atoms. The Balaban J connectivity index is 2.28. The van der Waals surface area contributed by atoms with Gasteiger partial charge in [0.1, 0.15) is 0 Å². The summed E-state index contributed by atoms with van der Waals surface area (Å²) in [5, 5.41) is 3.07. The van der Waals surface area contributed by atoms with Gasteiger partial charge in [-0.15, -0.1) is 0 Å². The van der Waals surface area contributed by atoms with Gasteiger partial charge in [0.2, 0.25) is 0 Å². The van der Waals surface area contributed by atoms with Crippen LogP contribution in [0.2, 0.25) is 0 Å². The van der Waals surface area contributed by atoms with E-state index in [1.165, 1.54) is 6.07 Å². The molecule has 116 valence electrons. The summed E-state index contributed by atoms with van der Waals surface area (Å²) in [6, 6.07) is 2.81. The highest BCUT2D eigenvalue weighted by molar-refractivity contribution is 5.98. The quantitative estimate of drug-likeness (QED) is 0.802. The highest BCUT2D eigenvalue weighted by atomic mass is 19.4. The Morgan fingerprint density at radius 1 is 1.24 bits per heavy atom. The number of carbonyl (C=O) groups excluding carboxylic acids is 1. The van der Waals surface area contributed by atoms with Gasteiger partial charge < -0.3 is 16.8 Å². The monoisotopic (exact) mass is 301 g/mol. The number of nitrogens with one attached hydrogen (secondary N) is 1. The Kier molecular flexibility index (Phi) is 4.41. The lowest BCUT2D eigenvalue weighted by Crippen LogP contribution is -2.43. The summed E-state index contributed by atoms with van der Waals surface area (Å²) in [7, 11) is 0. The van der Waals surface area contributed by atoms with Crippen LogP contribution in [0.5, 0.6) is 0 Å². The van der Waals surface area contributed by atoms with Crippen molar-refractivity contribution < 1.29 is 18.0 Å². The van der Waals surface area contributed by atoms with Gasteiger partial charge in [-0.25, -0.2) is 0 Å². The van der Waals surface area contributed by atoms with Crippen molar-refractivity contribution >= 4 is 11.6 Å². The number of benzene rings is 1. The third-order valence-corrected chi connectivity index (χ3v) is 3.77. The molecular formula is C14H18F3N3O. The standard InChI is InChI=1S/C14H18F3N3O/c15-14(16,17)8-5-6-11(9(7-8)13(19)21)20-12-4-2-1-3-10(12)18/h5-7,10,12,20H,1-4,18H2,(H2,19,21)/t10-,12-/m1/s1. The van der Waals surface area contributed by atoms with E-state index in [1.807, 2.05) is 0 Å². The van der Waals surface area contributed by atoms with Crippen LogP contribution in [0.25, 0.3) is 0 Å². The molecule has 2 atom stereocenters. The number of anilines is 1. The lowest BCUT2D eigenvalue weighted by molar-refractivity contribution is -0.137. The van der Waals surface area contributed by atoms with E-state index in [1.54, 1.807) is 0 Å². The van der Waals surface area contributed by atoms with Crippen LogP contribution < -0.4 is 16.8 Å². The number of carbonyl (C=O) groups is 1. The molecule has 4 nitrogen and oxygen atoms in total. The normalized spacial score (nSPS) is 22.9. The fourth-order valence-corrected chi connectivity index (χ4v) is 2.59. The van der Waals surface area contributed by atoms with E-state index >= 15 is 0 Å². The van der Waals surface area contributed by atoms with Crippen LogP contribution in [-0.4, -0.2) is 18.0 Å². The molecule has 1 aromatic carbocycles. The Hall–Kier alpha value is -1.76. The number of hydrogen-bond acceptors (Lipinski definition) is 3. The van der Waals surface area contributed by atoms with Crippen molar-refractivity contribution in [1.82, 2.24) is 0 Å². The summed E-state index contributed by atoms with van der Waals surface area (Å²) in [4.78, 5) is 11.4. The third-order valence-electron chi connectivity index (χ3n) is 3.77. The van der Waals surface area contributed by atoms with Gasteiger partial charge in [-0.2, -0.15) is 13.2 Å². The average molecular weight is 301 g/mol. The average Bonchev–Trinajstić information content (AvgIpc) is 2.40. The maximum absolute atomic E-state index is 12.7. The molecule has 0 spiro atoms. The van der Waals surface area contributed by atoms with Gasteiger partial charge in [-0.05, 0) is 31.0 Å². The van der Waals surface area contributed by atoms with E-state index < -0.39 is 17.6 Å². The maximum Gasteiger partial charge on any atom is 0.416 e. The van der Waals surface area contributed by atoms with E-state index in [9.17, 15) is 18.0 Å². The SMILES string of the molecule is NC(=O)c1cc(C(F)(F)F)ccc1N[C@@H]1CCCC[C@H]1N. The number of halogens is 3. The molecule has 0 heterocycles. The highest BCUT2D eigenvalue weighted by Gasteiger charge is 2.32. The highest BCUT2D eigenvalue weighted by Crippen LogP contribution is 2.32. The first-order chi connectivity index (χ1) is 9.79. The van der Waals surface area contributed by atoms with Crippen molar-refractivity contribution in [3.05, 3.63) is 29.3 Å². The number of primary amides is 1. The second-order valence-electron chi connectivity index (χ2n) is 5.32. The first-order valence-electron chi connectivity index (χ1n) is 6.82. The second kappa shape index (κ2) is 5.93. The molecule has 0 aliphatic heterocycles. The van der Waals surface area contributed by atoms with E-state index in [4.69, 9.17) is 11.5 Å². The van der Waals surface area contributed by atoms with Crippen LogP contribution in [-0.2, 0) is 6.18 Å². The number of amides is 1. The van der Waals surface area contributed by atoms with Crippen LogP contribution in [0.15, 0.2) is 18.2 Å². The van der Waals surface area contributed by atoms with Gasteiger partial charge >= 0.3 is 6.18 Å².